The van der Waals surface area contributed by atoms with Gasteiger partial charge in [-0.15, -0.1) is 22.7 Å². The van der Waals surface area contributed by atoms with Crippen LogP contribution in [0.2, 0.25) is 20.1 Å². The molecule has 2 aromatic carbocycles. The van der Waals surface area contributed by atoms with Gasteiger partial charge in [-0.3, -0.25) is 4.55 Å². The Morgan fingerprint density at radius 1 is 0.661 bits per heavy atom. The number of hydrogen-bond acceptors (Lipinski definition) is 8. The molecule has 8 rings (SSSR count). The highest BCUT2D eigenvalue weighted by Gasteiger charge is 2.33. The first-order valence-corrected chi connectivity index (χ1v) is 23.2. The Hall–Kier alpha value is -2.75. The van der Waals surface area contributed by atoms with Crippen molar-refractivity contribution in [2.45, 2.75) is 93.5 Å². The van der Waals surface area contributed by atoms with Crippen LogP contribution in [0, 0.1) is 0 Å². The standard InChI is InChI=1S/C40H38Cl4N4O5S3/c41-24-11-15-30(28(43)20-24)47-37-26(13-9-22-17-18-54-39(22)37)35(45-47)32(49)7-5-3-1-2-4-6-8-33(50)36-27-14-10-23-19-34(56(51,52)53)55-40(23)38(27)48(46-36)31-16-12-25(42)21-29(31)44/h11-12,15-21,32-33,49-50H,1-10,13-14H2,(H,51,52,53). The number of halogens is 4. The lowest BCUT2D eigenvalue weighted by Crippen LogP contribution is -2.06. The number of hydrogen-bond donors (Lipinski definition) is 3. The number of fused-ring (bicyclic) bond motifs is 6. The Bertz CT molecular complexity index is 2540. The molecule has 0 amide bonds. The maximum absolute atomic E-state index is 12.0. The van der Waals surface area contributed by atoms with E-state index in [4.69, 9.17) is 56.6 Å². The number of unbranched alkanes of at least 4 members (excludes halogenated alkanes) is 5. The number of benzene rings is 2. The molecule has 294 valence electrons. The van der Waals surface area contributed by atoms with Gasteiger partial charge in [0.15, 0.2) is 0 Å². The number of aromatic nitrogens is 4. The average molecular weight is 893 g/mol. The largest absolute Gasteiger partial charge is 0.387 e. The van der Waals surface area contributed by atoms with Gasteiger partial charge in [0, 0.05) is 21.2 Å². The number of aliphatic hydroxyl groups excluding tert-OH is 2. The molecule has 2 unspecified atom stereocenters. The minimum atomic E-state index is -4.39. The first-order valence-electron chi connectivity index (χ1n) is 18.6. The van der Waals surface area contributed by atoms with Crippen molar-refractivity contribution in [1.82, 2.24) is 19.6 Å². The molecule has 2 aliphatic rings. The van der Waals surface area contributed by atoms with Crippen molar-refractivity contribution in [2.75, 3.05) is 0 Å². The van der Waals surface area contributed by atoms with Crippen LogP contribution in [0.25, 0.3) is 32.5 Å². The summed E-state index contributed by atoms with van der Waals surface area (Å²) >= 11 is 28.3. The van der Waals surface area contributed by atoms with Crippen molar-refractivity contribution >= 4 is 79.2 Å². The van der Waals surface area contributed by atoms with Crippen LogP contribution in [0.15, 0.2) is 58.1 Å². The van der Waals surface area contributed by atoms with Crippen LogP contribution < -0.4 is 0 Å². The van der Waals surface area contributed by atoms with Gasteiger partial charge in [-0.25, -0.2) is 9.36 Å². The second-order valence-corrected chi connectivity index (χ2v) is 19.6. The van der Waals surface area contributed by atoms with E-state index in [1.165, 1.54) is 16.5 Å². The number of nitrogens with zero attached hydrogens (tertiary/aromatic N) is 4. The second kappa shape index (κ2) is 16.5. The summed E-state index contributed by atoms with van der Waals surface area (Å²) in [4.78, 5) is 1.84. The molecule has 56 heavy (non-hydrogen) atoms. The van der Waals surface area contributed by atoms with Gasteiger partial charge in [-0.1, -0.05) is 84.9 Å². The van der Waals surface area contributed by atoms with Crippen LogP contribution in [0.3, 0.4) is 0 Å². The normalized spacial score (nSPS) is 14.6. The lowest BCUT2D eigenvalue weighted by atomic mass is 9.92. The fourth-order valence-electron chi connectivity index (χ4n) is 7.92. The van der Waals surface area contributed by atoms with Crippen molar-refractivity contribution in [1.29, 1.82) is 0 Å². The van der Waals surface area contributed by atoms with Crippen molar-refractivity contribution in [3.63, 3.8) is 0 Å². The van der Waals surface area contributed by atoms with Gasteiger partial charge in [-0.2, -0.15) is 18.6 Å². The van der Waals surface area contributed by atoms with Gasteiger partial charge in [0.2, 0.25) is 0 Å². The van der Waals surface area contributed by atoms with Gasteiger partial charge in [-0.05, 0) is 104 Å². The maximum atomic E-state index is 12.0. The fraction of sp³-hybridized carbons (Fsp3) is 0.350. The number of aliphatic hydroxyl groups is 2. The van der Waals surface area contributed by atoms with E-state index in [9.17, 15) is 23.2 Å². The molecule has 16 heteroatoms. The lowest BCUT2D eigenvalue weighted by Gasteiger charge is -2.17. The highest BCUT2D eigenvalue weighted by molar-refractivity contribution is 7.88. The molecule has 9 nitrogen and oxygen atoms in total. The van der Waals surface area contributed by atoms with Crippen molar-refractivity contribution in [3.05, 3.63) is 108 Å². The number of aryl methyl sites for hydroxylation is 2. The van der Waals surface area contributed by atoms with E-state index in [-0.39, 0.29) is 4.21 Å². The Kier molecular flexibility index (Phi) is 11.8. The predicted octanol–water partition coefficient (Wildman–Crippen LogP) is 11.5. The van der Waals surface area contributed by atoms with E-state index in [1.807, 2.05) is 10.7 Å². The topological polar surface area (TPSA) is 130 Å². The Morgan fingerprint density at radius 3 is 1.68 bits per heavy atom. The van der Waals surface area contributed by atoms with Crippen molar-refractivity contribution < 1.29 is 23.2 Å². The molecular formula is C40H38Cl4N4O5S3. The fourth-order valence-corrected chi connectivity index (χ4v) is 11.9. The molecule has 3 N–H and O–H groups in total. The summed E-state index contributed by atoms with van der Waals surface area (Å²) in [6.07, 6.45) is 7.99. The van der Waals surface area contributed by atoms with E-state index in [0.717, 1.165) is 96.5 Å². The van der Waals surface area contributed by atoms with Gasteiger partial charge in [0.1, 0.15) is 4.21 Å². The smallest absolute Gasteiger partial charge is 0.304 e. The molecule has 4 aromatic heterocycles. The van der Waals surface area contributed by atoms with Crippen molar-refractivity contribution in [3.8, 4) is 32.5 Å². The van der Waals surface area contributed by atoms with Crippen LogP contribution in [0.4, 0.5) is 0 Å². The molecule has 0 spiro atoms. The zero-order chi connectivity index (χ0) is 39.3. The third-order valence-corrected chi connectivity index (χ3v) is 15.2. The third kappa shape index (κ3) is 7.87. The summed E-state index contributed by atoms with van der Waals surface area (Å²) in [6.45, 7) is 0. The van der Waals surface area contributed by atoms with Gasteiger partial charge < -0.3 is 10.2 Å². The SMILES string of the molecule is O=S(=O)(O)c1cc2c(s1)-c1c(c(C(O)CCCCCCCCC(O)c3nn(-c4ccc(Cl)cc4Cl)c4c3CCc3ccsc3-4)nn1-c1ccc(Cl)cc1Cl)CC2. The highest BCUT2D eigenvalue weighted by Crippen LogP contribution is 2.46. The summed E-state index contributed by atoms with van der Waals surface area (Å²) in [6, 6.07) is 14.1. The molecule has 0 saturated heterocycles. The molecular weight excluding hydrogens is 854 g/mol. The van der Waals surface area contributed by atoms with E-state index in [2.05, 4.69) is 11.4 Å². The molecule has 0 bridgehead atoms. The molecule has 0 fully saturated rings. The lowest BCUT2D eigenvalue weighted by molar-refractivity contribution is 0.155. The molecule has 0 radical (unpaired) electrons. The van der Waals surface area contributed by atoms with Crippen LogP contribution in [-0.2, 0) is 35.8 Å². The van der Waals surface area contributed by atoms with Gasteiger partial charge in [0.05, 0.1) is 66.2 Å². The molecule has 2 atom stereocenters. The summed E-state index contributed by atoms with van der Waals surface area (Å²) in [5.41, 5.74) is 8.24. The third-order valence-electron chi connectivity index (χ3n) is 10.6. The molecule has 2 aliphatic carbocycles. The summed E-state index contributed by atoms with van der Waals surface area (Å²) in [5, 5.41) is 36.7. The van der Waals surface area contributed by atoms with Crippen molar-refractivity contribution in [2.24, 2.45) is 0 Å². The minimum Gasteiger partial charge on any atom is -0.387 e. The van der Waals surface area contributed by atoms with Crippen LogP contribution in [0.1, 0.15) is 97.2 Å². The zero-order valence-electron chi connectivity index (χ0n) is 30.0. The predicted molar refractivity (Wildman–Crippen MR) is 225 cm³/mol. The van der Waals surface area contributed by atoms with E-state index >= 15 is 0 Å². The Balaban J connectivity index is 0.886. The van der Waals surface area contributed by atoms with E-state index < -0.39 is 22.3 Å². The summed E-state index contributed by atoms with van der Waals surface area (Å²) in [7, 11) is -4.39. The second-order valence-electron chi connectivity index (χ2n) is 14.3. The van der Waals surface area contributed by atoms with Crippen LogP contribution >= 0.6 is 69.1 Å². The Morgan fingerprint density at radius 2 is 1.16 bits per heavy atom. The molecule has 0 saturated carbocycles. The first-order chi connectivity index (χ1) is 26.9. The van der Waals surface area contributed by atoms with E-state index in [1.54, 1.807) is 46.4 Å². The highest BCUT2D eigenvalue weighted by atomic mass is 35.5. The Labute approximate surface area is 353 Å². The number of rotatable bonds is 14. The number of thiophene rings is 2. The average Bonchev–Trinajstić information content (AvgIpc) is 3.95. The monoisotopic (exact) mass is 890 g/mol. The van der Waals surface area contributed by atoms with Gasteiger partial charge >= 0.3 is 10.1 Å². The molecule has 4 heterocycles. The maximum Gasteiger partial charge on any atom is 0.304 e. The summed E-state index contributed by atoms with van der Waals surface area (Å²) in [5.74, 6) is 0. The molecule has 0 aliphatic heterocycles. The molecule has 6 aromatic rings. The quantitative estimate of drug-likeness (QED) is 0.0733. The minimum absolute atomic E-state index is 0.131. The van der Waals surface area contributed by atoms with Gasteiger partial charge in [0.25, 0.3) is 0 Å². The van der Waals surface area contributed by atoms with E-state index in [0.29, 0.717) is 67.7 Å². The summed E-state index contributed by atoms with van der Waals surface area (Å²) < 4.78 is 37.2. The van der Waals surface area contributed by atoms with Crippen LogP contribution in [-0.4, -0.2) is 42.7 Å². The first kappa shape index (κ1) is 40.0. The van der Waals surface area contributed by atoms with Crippen LogP contribution in [0.5, 0.6) is 0 Å². The zero-order valence-corrected chi connectivity index (χ0v) is 35.5.